The molecule has 75 heavy (non-hydrogen) atoms. The van der Waals surface area contributed by atoms with Crippen molar-refractivity contribution < 1.29 is 33.9 Å². The Morgan fingerprint density at radius 2 is 0.987 bits per heavy atom. The van der Waals surface area contributed by atoms with Crippen LogP contribution in [-0.2, 0) is 41.6 Å². The molecular weight excluding hydrogens is 945 g/mol. The Balaban J connectivity index is 0.877. The molecule has 2 saturated heterocycles. The fourth-order valence-electron chi connectivity index (χ4n) is 13.4. The molecule has 0 bridgehead atoms. The molecule has 7 N–H and O–H groups in total. The molecule has 2 saturated carbocycles. The highest BCUT2D eigenvalue weighted by molar-refractivity contribution is 5.95. The lowest BCUT2D eigenvalue weighted by molar-refractivity contribution is -0.143. The number of carbonyl (C=O) groups is 6. The van der Waals surface area contributed by atoms with E-state index in [4.69, 9.17) is 0 Å². The summed E-state index contributed by atoms with van der Waals surface area (Å²) in [6.45, 7) is 4.10. The van der Waals surface area contributed by atoms with Gasteiger partial charge in [0.1, 0.15) is 24.2 Å². The number of carbonyl (C=O) groups excluding carboxylic acids is 6. The molecule has 1 unspecified atom stereocenters. The first-order valence-electron chi connectivity index (χ1n) is 28.5. The summed E-state index contributed by atoms with van der Waals surface area (Å²) in [6.07, 6.45) is 15.4. The van der Waals surface area contributed by atoms with Gasteiger partial charge in [0.2, 0.25) is 35.4 Å². The molecule has 15 heteroatoms. The van der Waals surface area contributed by atoms with E-state index in [0.717, 1.165) is 143 Å². The van der Waals surface area contributed by atoms with Crippen molar-refractivity contribution >= 4 is 35.4 Å². The maximum atomic E-state index is 14.4. The Bertz CT molecular complexity index is 2540. The van der Waals surface area contributed by atoms with Crippen molar-refractivity contribution in [3.8, 4) is 22.3 Å². The van der Waals surface area contributed by atoms with Gasteiger partial charge in [0.15, 0.2) is 0 Å². The second kappa shape index (κ2) is 24.6. The molecule has 6 aliphatic rings. The van der Waals surface area contributed by atoms with Gasteiger partial charge in [0.25, 0.3) is 0 Å². The van der Waals surface area contributed by atoms with Gasteiger partial charge < -0.3 is 46.8 Å². The number of rotatable bonds is 16. The Labute approximate surface area is 443 Å². The van der Waals surface area contributed by atoms with Gasteiger partial charge in [-0.05, 0) is 161 Å². The quantitative estimate of drug-likeness (QED) is 0.0860. The average molecular weight is 1030 g/mol. The standard InChI is InChI=1S/C60H82N8O7/c1-36(61-3)55(70)65-53(40-16-7-5-8-17-40)59(74)67-33-15-28-51(67)57(72)63-49-26-13-22-45-43(20-11-24-47(45)49)38-29-31-39(32-30-38)44-21-12-25-48-46(44)23-14-27-50(48)64-58(73)52-34-42(69)35-68(52)60(75)54(41-18-9-6-10-19-41)66-56(71)37(2)62-4/h11-12,20-21,24-25,29-32,36-37,40-42,49-54,61-62,69H,5-10,13-19,22-23,26-28,33-35H2,1-4H3,(H,63,72)(H,64,73)(H,65,70)(H,66,71)/t36-,37-,42-,49+,50+,51-,52-,53-,54?/m0/s1. The van der Waals surface area contributed by atoms with Crippen molar-refractivity contribution in [3.05, 3.63) is 82.9 Å². The Kier molecular flexibility index (Phi) is 17.7. The van der Waals surface area contributed by atoms with Crippen molar-refractivity contribution in [2.45, 2.75) is 190 Å². The van der Waals surface area contributed by atoms with E-state index in [1.807, 2.05) is 6.07 Å². The molecule has 0 aromatic heterocycles. The van der Waals surface area contributed by atoms with Gasteiger partial charge in [0, 0.05) is 19.5 Å². The molecule has 3 aromatic rings. The number of fused-ring (bicyclic) bond motifs is 2. The summed E-state index contributed by atoms with van der Waals surface area (Å²) in [5, 5.41) is 29.7. The SMILES string of the molecule is CN[C@@H](C)C(=O)NC(C(=O)N1C[C@@H](O)C[C@H]1C(=O)N[C@@H]1CCCc2c(-c3ccc(-c4cccc5c4CCC[C@H]5NC(=O)[C@@H]4CCCN4C(=O)[C@@H](NC(=O)[C@H](C)NC)C4CCCCC4)cc3)cccc21)C1CCCCC1. The average Bonchev–Trinajstić information content (AvgIpc) is 4.11. The van der Waals surface area contributed by atoms with Gasteiger partial charge in [-0.1, -0.05) is 99.2 Å². The van der Waals surface area contributed by atoms with Gasteiger partial charge in [0.05, 0.1) is 30.3 Å². The number of hydrogen-bond donors (Lipinski definition) is 7. The molecule has 4 fully saturated rings. The molecule has 9 rings (SSSR count). The lowest BCUT2D eigenvalue weighted by Gasteiger charge is -2.36. The van der Waals surface area contributed by atoms with E-state index in [1.54, 1.807) is 32.8 Å². The number of aliphatic hydroxyl groups is 1. The second-order valence-corrected chi connectivity index (χ2v) is 22.6. The normalized spacial score (nSPS) is 24.7. The fraction of sp³-hybridized carbons (Fsp3) is 0.600. The Morgan fingerprint density at radius 1 is 0.533 bits per heavy atom. The number of β-amino-alcohol motifs (C(OH)–C–C–N with tert-alkyl or cyclic N) is 1. The first kappa shape index (κ1) is 54.2. The molecule has 9 atom stereocenters. The van der Waals surface area contributed by atoms with Crippen LogP contribution in [0.3, 0.4) is 0 Å². The molecule has 15 nitrogen and oxygen atoms in total. The van der Waals surface area contributed by atoms with Crippen molar-refractivity contribution in [1.82, 2.24) is 41.7 Å². The lowest BCUT2D eigenvalue weighted by Crippen LogP contribution is -2.58. The Hall–Kier alpha value is -5.64. The summed E-state index contributed by atoms with van der Waals surface area (Å²) in [5.74, 6) is -1.28. The van der Waals surface area contributed by atoms with Gasteiger partial charge >= 0.3 is 0 Å². The summed E-state index contributed by atoms with van der Waals surface area (Å²) in [6, 6.07) is 17.1. The fourth-order valence-corrected chi connectivity index (χ4v) is 13.4. The summed E-state index contributed by atoms with van der Waals surface area (Å²) in [7, 11) is 3.45. The van der Waals surface area contributed by atoms with Crippen LogP contribution in [-0.4, -0.2) is 120 Å². The second-order valence-electron chi connectivity index (χ2n) is 22.6. The molecule has 6 amide bonds. The van der Waals surface area contributed by atoms with Gasteiger partial charge in [-0.25, -0.2) is 0 Å². The smallest absolute Gasteiger partial charge is 0.246 e. The van der Waals surface area contributed by atoms with Crippen molar-refractivity contribution in [2.24, 2.45) is 11.8 Å². The minimum atomic E-state index is -0.847. The number of likely N-dealkylation sites (N-methyl/N-ethyl adjacent to an activating group) is 2. The number of aliphatic hydroxyl groups excluding tert-OH is 1. The van der Waals surface area contributed by atoms with Crippen molar-refractivity contribution in [2.75, 3.05) is 27.2 Å². The number of nitrogens with zero attached hydrogens (tertiary/aromatic N) is 2. The zero-order valence-electron chi connectivity index (χ0n) is 44.8. The van der Waals surface area contributed by atoms with Crippen molar-refractivity contribution in [3.63, 3.8) is 0 Å². The molecule has 0 spiro atoms. The first-order valence-corrected chi connectivity index (χ1v) is 28.5. The van der Waals surface area contributed by atoms with Crippen LogP contribution in [0.25, 0.3) is 22.3 Å². The monoisotopic (exact) mass is 1030 g/mol. The zero-order valence-corrected chi connectivity index (χ0v) is 44.8. The minimum absolute atomic E-state index is 0.0295. The van der Waals surface area contributed by atoms with Crippen LogP contribution in [0.5, 0.6) is 0 Å². The number of likely N-dealkylation sites (tertiary alicyclic amines) is 2. The zero-order chi connectivity index (χ0) is 52.8. The van der Waals surface area contributed by atoms with E-state index in [9.17, 15) is 33.9 Å². The Morgan fingerprint density at radius 3 is 1.45 bits per heavy atom. The van der Waals surface area contributed by atoms with Gasteiger partial charge in [-0.2, -0.15) is 0 Å². The van der Waals surface area contributed by atoms with Gasteiger partial charge in [-0.15, -0.1) is 0 Å². The maximum Gasteiger partial charge on any atom is 0.246 e. The summed E-state index contributed by atoms with van der Waals surface area (Å²) < 4.78 is 0. The number of benzene rings is 3. The van der Waals surface area contributed by atoms with Crippen LogP contribution in [0.1, 0.15) is 157 Å². The van der Waals surface area contributed by atoms with E-state index >= 15 is 0 Å². The largest absolute Gasteiger partial charge is 0.391 e. The molecule has 4 aliphatic carbocycles. The molecular formula is C60H82N8O7. The highest BCUT2D eigenvalue weighted by Crippen LogP contribution is 2.41. The molecule has 0 radical (unpaired) electrons. The predicted molar refractivity (Wildman–Crippen MR) is 290 cm³/mol. The van der Waals surface area contributed by atoms with E-state index in [2.05, 4.69) is 86.5 Å². The third-order valence-corrected chi connectivity index (χ3v) is 17.9. The van der Waals surface area contributed by atoms with E-state index < -0.39 is 42.4 Å². The van der Waals surface area contributed by atoms with Crippen LogP contribution < -0.4 is 31.9 Å². The van der Waals surface area contributed by atoms with Crippen molar-refractivity contribution in [1.29, 1.82) is 0 Å². The third kappa shape index (κ3) is 12.0. The number of amides is 6. The highest BCUT2D eigenvalue weighted by atomic mass is 16.3. The molecule has 2 heterocycles. The van der Waals surface area contributed by atoms with Crippen LogP contribution in [0.15, 0.2) is 60.7 Å². The summed E-state index contributed by atoms with van der Waals surface area (Å²) in [5.41, 5.74) is 9.01. The summed E-state index contributed by atoms with van der Waals surface area (Å²) in [4.78, 5) is 87.0. The van der Waals surface area contributed by atoms with Crippen LogP contribution >= 0.6 is 0 Å². The maximum absolute atomic E-state index is 14.4. The van der Waals surface area contributed by atoms with E-state index in [-0.39, 0.29) is 72.3 Å². The number of hydrogen-bond acceptors (Lipinski definition) is 9. The molecule has 2 aliphatic heterocycles. The van der Waals surface area contributed by atoms with E-state index in [1.165, 1.54) is 16.0 Å². The third-order valence-electron chi connectivity index (χ3n) is 17.9. The lowest BCUT2D eigenvalue weighted by atomic mass is 9.81. The predicted octanol–water partition coefficient (Wildman–Crippen LogP) is 6.31. The summed E-state index contributed by atoms with van der Waals surface area (Å²) >= 11 is 0. The number of nitrogens with one attached hydrogen (secondary N) is 6. The minimum Gasteiger partial charge on any atom is -0.391 e. The molecule has 404 valence electrons. The van der Waals surface area contributed by atoms with Crippen LogP contribution in [0.4, 0.5) is 0 Å². The van der Waals surface area contributed by atoms with E-state index in [0.29, 0.717) is 13.0 Å². The van der Waals surface area contributed by atoms with Crippen LogP contribution in [0.2, 0.25) is 0 Å². The van der Waals surface area contributed by atoms with Crippen LogP contribution in [0, 0.1) is 11.8 Å². The highest BCUT2D eigenvalue weighted by Gasteiger charge is 2.45. The first-order chi connectivity index (χ1) is 36.3. The molecule has 3 aromatic carbocycles. The topological polar surface area (TPSA) is 201 Å². The van der Waals surface area contributed by atoms with Gasteiger partial charge in [-0.3, -0.25) is 28.8 Å².